The van der Waals surface area contributed by atoms with Crippen molar-refractivity contribution < 1.29 is 17.9 Å². The van der Waals surface area contributed by atoms with Gasteiger partial charge in [-0.3, -0.25) is 9.89 Å². The molecule has 9 heteroatoms. The fourth-order valence-corrected chi connectivity index (χ4v) is 4.92. The van der Waals surface area contributed by atoms with Gasteiger partial charge in [-0.15, -0.1) is 0 Å². The van der Waals surface area contributed by atoms with Crippen LogP contribution in [0.2, 0.25) is 0 Å². The molecule has 1 aliphatic heterocycles. The maximum absolute atomic E-state index is 13.3. The monoisotopic (exact) mass is 398 g/mol. The molecule has 0 spiro atoms. The molecule has 0 saturated carbocycles. The Hall–Kier alpha value is -3.17. The van der Waals surface area contributed by atoms with E-state index in [9.17, 15) is 13.2 Å². The average molecular weight is 398 g/mol. The third kappa shape index (κ3) is 2.94. The number of rotatable bonds is 5. The number of sulfonamides is 1. The van der Waals surface area contributed by atoms with Gasteiger partial charge in [-0.25, -0.2) is 8.42 Å². The van der Waals surface area contributed by atoms with Gasteiger partial charge in [0, 0.05) is 30.4 Å². The predicted molar refractivity (Wildman–Crippen MR) is 102 cm³/mol. The van der Waals surface area contributed by atoms with Crippen LogP contribution in [0.25, 0.3) is 11.1 Å². The Morgan fingerprint density at radius 1 is 1.21 bits per heavy atom. The summed E-state index contributed by atoms with van der Waals surface area (Å²) in [5.41, 5.74) is 8.79. The quantitative estimate of drug-likeness (QED) is 0.680. The maximum Gasteiger partial charge on any atom is 0.249 e. The van der Waals surface area contributed by atoms with Gasteiger partial charge in [-0.2, -0.15) is 9.40 Å². The number of nitrogens with two attached hydrogens (primary N) is 1. The van der Waals surface area contributed by atoms with Gasteiger partial charge in [-0.1, -0.05) is 18.2 Å². The molecular weight excluding hydrogens is 380 g/mol. The predicted octanol–water partition coefficient (Wildman–Crippen LogP) is 1.89. The number of hydrogen-bond donors (Lipinski definition) is 2. The molecule has 0 unspecified atom stereocenters. The molecule has 144 valence electrons. The molecule has 1 amide bonds. The molecule has 2 heterocycles. The number of ether oxygens (including phenoxy) is 1. The van der Waals surface area contributed by atoms with Crippen LogP contribution >= 0.6 is 0 Å². The first-order valence-corrected chi connectivity index (χ1v) is 9.93. The number of nitrogens with zero attached hydrogens (tertiary/aromatic N) is 2. The average Bonchev–Trinajstić information content (AvgIpc) is 3.36. The van der Waals surface area contributed by atoms with Gasteiger partial charge in [0.1, 0.15) is 10.6 Å². The number of aromatic amines is 1. The standard InChI is InChI=1S/C19H18N4O4S/c1-27-17-7-12(14-8-21-22-9-14)5-6-18(17)28(25,26)23-10-13-3-2-4-15(19(20)24)16(13)11-23/h2-9H,10-11H2,1H3,(H2,20,24)(H,21,22). The highest BCUT2D eigenvalue weighted by Crippen LogP contribution is 2.36. The number of hydrogen-bond acceptors (Lipinski definition) is 5. The van der Waals surface area contributed by atoms with E-state index < -0.39 is 15.9 Å². The third-order valence-electron chi connectivity index (χ3n) is 4.83. The molecule has 0 atom stereocenters. The summed E-state index contributed by atoms with van der Waals surface area (Å²) >= 11 is 0. The summed E-state index contributed by atoms with van der Waals surface area (Å²) < 4.78 is 33.2. The van der Waals surface area contributed by atoms with E-state index >= 15 is 0 Å². The van der Waals surface area contributed by atoms with Gasteiger partial charge in [-0.05, 0) is 34.9 Å². The number of amides is 1. The molecule has 0 fully saturated rings. The first kappa shape index (κ1) is 18.2. The van der Waals surface area contributed by atoms with Gasteiger partial charge < -0.3 is 10.5 Å². The highest BCUT2D eigenvalue weighted by atomic mass is 32.2. The molecule has 4 rings (SSSR count). The molecule has 1 aliphatic rings. The number of H-pyrrole nitrogens is 1. The summed E-state index contributed by atoms with van der Waals surface area (Å²) in [6.45, 7) is 0.259. The Morgan fingerprint density at radius 2 is 2.04 bits per heavy atom. The van der Waals surface area contributed by atoms with Crippen molar-refractivity contribution in [1.82, 2.24) is 14.5 Å². The second-order valence-electron chi connectivity index (χ2n) is 6.43. The largest absolute Gasteiger partial charge is 0.495 e. The van der Waals surface area contributed by atoms with E-state index in [0.29, 0.717) is 11.1 Å². The number of methoxy groups -OCH3 is 1. The first-order valence-electron chi connectivity index (χ1n) is 8.49. The van der Waals surface area contributed by atoms with E-state index in [1.165, 1.54) is 17.5 Å². The van der Waals surface area contributed by atoms with Crippen LogP contribution in [0.1, 0.15) is 21.5 Å². The van der Waals surface area contributed by atoms with Crippen LogP contribution in [0.5, 0.6) is 5.75 Å². The summed E-state index contributed by atoms with van der Waals surface area (Å²) in [7, 11) is -2.42. The molecule has 28 heavy (non-hydrogen) atoms. The zero-order valence-corrected chi connectivity index (χ0v) is 15.9. The number of primary amides is 1. The van der Waals surface area contributed by atoms with Gasteiger partial charge in [0.05, 0.1) is 13.3 Å². The number of carbonyl (C=O) groups is 1. The second-order valence-corrected chi connectivity index (χ2v) is 8.34. The molecule has 3 aromatic rings. The fraction of sp³-hybridized carbons (Fsp3) is 0.158. The van der Waals surface area contributed by atoms with Crippen LogP contribution in [0.4, 0.5) is 0 Å². The zero-order valence-electron chi connectivity index (χ0n) is 15.0. The molecule has 3 N–H and O–H groups in total. The minimum atomic E-state index is -3.84. The van der Waals surface area contributed by atoms with E-state index in [4.69, 9.17) is 10.5 Å². The molecular formula is C19H18N4O4S. The van der Waals surface area contributed by atoms with Crippen LogP contribution in [-0.2, 0) is 23.1 Å². The third-order valence-corrected chi connectivity index (χ3v) is 6.66. The lowest BCUT2D eigenvalue weighted by atomic mass is 10.0. The summed E-state index contributed by atoms with van der Waals surface area (Å²) in [6, 6.07) is 10.0. The van der Waals surface area contributed by atoms with Crippen molar-refractivity contribution in [2.24, 2.45) is 5.73 Å². The summed E-state index contributed by atoms with van der Waals surface area (Å²) in [6.07, 6.45) is 3.36. The SMILES string of the molecule is COc1cc(-c2cn[nH]c2)ccc1S(=O)(=O)N1Cc2cccc(C(N)=O)c2C1. The van der Waals surface area contributed by atoms with Gasteiger partial charge in [0.15, 0.2) is 0 Å². The van der Waals surface area contributed by atoms with E-state index in [1.807, 2.05) is 0 Å². The Balaban J connectivity index is 1.71. The lowest BCUT2D eigenvalue weighted by molar-refractivity contribution is 0.0999. The lowest BCUT2D eigenvalue weighted by Crippen LogP contribution is -2.26. The summed E-state index contributed by atoms with van der Waals surface area (Å²) in [5, 5.41) is 6.63. The minimum Gasteiger partial charge on any atom is -0.495 e. The van der Waals surface area contributed by atoms with Crippen LogP contribution < -0.4 is 10.5 Å². The second kappa shape index (κ2) is 6.77. The van der Waals surface area contributed by atoms with E-state index in [-0.39, 0.29) is 23.7 Å². The summed E-state index contributed by atoms with van der Waals surface area (Å²) in [5.74, 6) is -0.331. The Morgan fingerprint density at radius 3 is 2.71 bits per heavy atom. The molecule has 0 bridgehead atoms. The van der Waals surface area contributed by atoms with Gasteiger partial charge in [0.2, 0.25) is 15.9 Å². The van der Waals surface area contributed by atoms with Crippen LogP contribution in [0.3, 0.4) is 0 Å². The van der Waals surface area contributed by atoms with E-state index in [1.54, 1.807) is 42.7 Å². The molecule has 0 radical (unpaired) electrons. The smallest absolute Gasteiger partial charge is 0.249 e. The normalized spacial score (nSPS) is 14.0. The number of carbonyl (C=O) groups excluding carboxylic acids is 1. The molecule has 1 aromatic heterocycles. The Labute approximate surface area is 162 Å². The van der Waals surface area contributed by atoms with Crippen molar-refractivity contribution in [2.75, 3.05) is 7.11 Å². The van der Waals surface area contributed by atoms with Crippen molar-refractivity contribution in [3.8, 4) is 16.9 Å². The highest BCUT2D eigenvalue weighted by Gasteiger charge is 2.34. The van der Waals surface area contributed by atoms with Crippen molar-refractivity contribution in [1.29, 1.82) is 0 Å². The molecule has 2 aromatic carbocycles. The fourth-order valence-electron chi connectivity index (χ4n) is 3.40. The topological polar surface area (TPSA) is 118 Å². The van der Waals surface area contributed by atoms with E-state index in [2.05, 4.69) is 10.2 Å². The van der Waals surface area contributed by atoms with Crippen LogP contribution in [0, 0.1) is 0 Å². The number of benzene rings is 2. The minimum absolute atomic E-state index is 0.0654. The lowest BCUT2D eigenvalue weighted by Gasteiger charge is -2.18. The van der Waals surface area contributed by atoms with Crippen LogP contribution in [0.15, 0.2) is 53.7 Å². The maximum atomic E-state index is 13.3. The van der Waals surface area contributed by atoms with Gasteiger partial charge >= 0.3 is 0 Å². The van der Waals surface area contributed by atoms with Crippen molar-refractivity contribution >= 4 is 15.9 Å². The van der Waals surface area contributed by atoms with Crippen molar-refractivity contribution in [3.63, 3.8) is 0 Å². The van der Waals surface area contributed by atoms with E-state index in [0.717, 1.165) is 16.7 Å². The number of nitrogens with one attached hydrogen (secondary N) is 1. The Bertz CT molecular complexity index is 1160. The number of fused-ring (bicyclic) bond motifs is 1. The first-order chi connectivity index (χ1) is 13.4. The Kier molecular flexibility index (Phi) is 4.40. The highest BCUT2D eigenvalue weighted by molar-refractivity contribution is 7.89. The van der Waals surface area contributed by atoms with Crippen molar-refractivity contribution in [3.05, 3.63) is 65.5 Å². The molecule has 8 nitrogen and oxygen atoms in total. The van der Waals surface area contributed by atoms with Crippen molar-refractivity contribution in [2.45, 2.75) is 18.0 Å². The molecule has 0 aliphatic carbocycles. The number of aromatic nitrogens is 2. The summed E-state index contributed by atoms with van der Waals surface area (Å²) in [4.78, 5) is 11.7. The zero-order chi connectivity index (χ0) is 19.9. The molecule has 0 saturated heterocycles. The van der Waals surface area contributed by atoms with Gasteiger partial charge in [0.25, 0.3) is 0 Å². The van der Waals surface area contributed by atoms with Crippen LogP contribution in [-0.4, -0.2) is 35.9 Å².